The van der Waals surface area contributed by atoms with Crippen LogP contribution in [0.5, 0.6) is 0 Å². The number of methoxy groups -OCH3 is 1. The van der Waals surface area contributed by atoms with E-state index in [1.54, 1.807) is 18.4 Å². The van der Waals surface area contributed by atoms with Crippen molar-refractivity contribution < 1.29 is 9.53 Å². The highest BCUT2D eigenvalue weighted by molar-refractivity contribution is 7.10. The third-order valence-electron chi connectivity index (χ3n) is 3.50. The van der Waals surface area contributed by atoms with E-state index in [9.17, 15) is 4.79 Å². The Morgan fingerprint density at radius 3 is 2.88 bits per heavy atom. The molecule has 1 amide bonds. The third-order valence-corrected chi connectivity index (χ3v) is 4.62. The summed E-state index contributed by atoms with van der Waals surface area (Å²) < 4.78 is 4.83. The van der Waals surface area contributed by atoms with Gasteiger partial charge in [-0.3, -0.25) is 4.79 Å². The van der Waals surface area contributed by atoms with Crippen LogP contribution in [0.25, 0.3) is 0 Å². The lowest BCUT2D eigenvalue weighted by atomic mass is 9.84. The van der Waals surface area contributed by atoms with E-state index in [4.69, 9.17) is 4.74 Å². The van der Waals surface area contributed by atoms with Gasteiger partial charge < -0.3 is 10.1 Å². The van der Waals surface area contributed by atoms with Crippen molar-refractivity contribution in [3.8, 4) is 0 Å². The number of carbonyl (C=O) groups excluding carboxylic acids is 1. The van der Waals surface area contributed by atoms with Crippen LogP contribution in [0.4, 0.5) is 0 Å². The molecule has 0 spiro atoms. The molecule has 1 fully saturated rings. The van der Waals surface area contributed by atoms with Gasteiger partial charge in [0.2, 0.25) is 5.91 Å². The van der Waals surface area contributed by atoms with Gasteiger partial charge in [-0.15, -0.1) is 11.3 Å². The van der Waals surface area contributed by atoms with Gasteiger partial charge in [0.1, 0.15) is 6.61 Å². The highest BCUT2D eigenvalue weighted by atomic mass is 32.1. The first kappa shape index (κ1) is 12.6. The van der Waals surface area contributed by atoms with Crippen LogP contribution in [0.3, 0.4) is 0 Å². The SMILES string of the molecule is COCC(=O)NCC1(c2cccs2)CCCC1. The normalized spacial score (nSPS) is 18.2. The molecule has 0 bridgehead atoms. The standard InChI is InChI=1S/C13H19NO2S/c1-16-9-12(15)14-10-13(6-2-3-7-13)11-5-4-8-17-11/h4-5,8H,2-3,6-7,9-10H2,1H3,(H,14,15). The van der Waals surface area contributed by atoms with Gasteiger partial charge in [-0.2, -0.15) is 0 Å². The summed E-state index contributed by atoms with van der Waals surface area (Å²) in [6, 6.07) is 4.29. The van der Waals surface area contributed by atoms with E-state index in [0.29, 0.717) is 0 Å². The van der Waals surface area contributed by atoms with E-state index in [1.165, 1.54) is 30.6 Å². The molecule has 1 aromatic heterocycles. The Bertz CT molecular complexity index is 356. The maximum Gasteiger partial charge on any atom is 0.246 e. The summed E-state index contributed by atoms with van der Waals surface area (Å²) in [4.78, 5) is 12.9. The van der Waals surface area contributed by atoms with Crippen LogP contribution < -0.4 is 5.32 Å². The first-order valence-electron chi connectivity index (χ1n) is 6.06. The Morgan fingerprint density at radius 1 is 1.53 bits per heavy atom. The zero-order valence-electron chi connectivity index (χ0n) is 10.2. The van der Waals surface area contributed by atoms with Crippen LogP contribution >= 0.6 is 11.3 Å². The average Bonchev–Trinajstić information content (AvgIpc) is 2.98. The van der Waals surface area contributed by atoms with Crippen LogP contribution in [-0.4, -0.2) is 26.2 Å². The molecule has 17 heavy (non-hydrogen) atoms. The minimum atomic E-state index is -0.0182. The van der Waals surface area contributed by atoms with Crippen LogP contribution in [0.2, 0.25) is 0 Å². The van der Waals surface area contributed by atoms with Crippen molar-refractivity contribution >= 4 is 17.2 Å². The highest BCUT2D eigenvalue weighted by Crippen LogP contribution is 2.42. The summed E-state index contributed by atoms with van der Waals surface area (Å²) in [6.07, 6.45) is 4.89. The van der Waals surface area contributed by atoms with Gasteiger partial charge in [0.05, 0.1) is 0 Å². The topological polar surface area (TPSA) is 38.3 Å². The Kier molecular flexibility index (Phi) is 4.18. The second-order valence-electron chi connectivity index (χ2n) is 4.67. The summed E-state index contributed by atoms with van der Waals surface area (Å²) in [6.45, 7) is 0.899. The molecule has 0 saturated heterocycles. The second kappa shape index (κ2) is 5.65. The smallest absolute Gasteiger partial charge is 0.246 e. The number of hydrogen-bond donors (Lipinski definition) is 1. The number of carbonyl (C=O) groups is 1. The first-order valence-corrected chi connectivity index (χ1v) is 6.94. The quantitative estimate of drug-likeness (QED) is 0.874. The van der Waals surface area contributed by atoms with E-state index in [1.807, 2.05) is 0 Å². The van der Waals surface area contributed by atoms with Crippen molar-refractivity contribution in [1.82, 2.24) is 5.32 Å². The number of ether oxygens (including phenoxy) is 1. The maximum atomic E-state index is 11.5. The third kappa shape index (κ3) is 2.87. The average molecular weight is 253 g/mol. The second-order valence-corrected chi connectivity index (χ2v) is 5.62. The number of rotatable bonds is 5. The summed E-state index contributed by atoms with van der Waals surface area (Å²) in [5, 5.41) is 5.11. The zero-order chi connectivity index (χ0) is 12.1. The molecule has 2 rings (SSSR count). The molecule has 1 N–H and O–H groups in total. The lowest BCUT2D eigenvalue weighted by Gasteiger charge is -2.28. The van der Waals surface area contributed by atoms with Crippen molar-refractivity contribution in [2.75, 3.05) is 20.3 Å². The van der Waals surface area contributed by atoms with Crippen molar-refractivity contribution in [2.45, 2.75) is 31.1 Å². The van der Waals surface area contributed by atoms with Crippen molar-refractivity contribution in [3.05, 3.63) is 22.4 Å². The van der Waals surface area contributed by atoms with E-state index in [0.717, 1.165) is 6.54 Å². The van der Waals surface area contributed by atoms with E-state index >= 15 is 0 Å². The molecule has 94 valence electrons. The first-order chi connectivity index (χ1) is 8.27. The van der Waals surface area contributed by atoms with E-state index in [2.05, 4.69) is 22.8 Å². The molecule has 1 saturated carbocycles. The minimum absolute atomic E-state index is 0.0182. The summed E-state index contributed by atoms with van der Waals surface area (Å²) in [7, 11) is 1.55. The summed E-state index contributed by atoms with van der Waals surface area (Å²) in [5.41, 5.74) is 0.178. The Morgan fingerprint density at radius 2 is 2.29 bits per heavy atom. The Balaban J connectivity index is 2.01. The fourth-order valence-electron chi connectivity index (χ4n) is 2.59. The largest absolute Gasteiger partial charge is 0.375 e. The molecule has 0 radical (unpaired) electrons. The van der Waals surface area contributed by atoms with Gasteiger partial charge in [-0.05, 0) is 24.3 Å². The molecular weight excluding hydrogens is 234 g/mol. The molecule has 0 aliphatic heterocycles. The molecule has 1 heterocycles. The predicted octanol–water partition coefficient (Wildman–Crippen LogP) is 2.32. The molecule has 1 aliphatic rings. The van der Waals surface area contributed by atoms with Gasteiger partial charge in [-0.25, -0.2) is 0 Å². The lowest BCUT2D eigenvalue weighted by molar-refractivity contribution is -0.125. The minimum Gasteiger partial charge on any atom is -0.375 e. The summed E-state index contributed by atoms with van der Waals surface area (Å²) >= 11 is 1.80. The molecule has 0 atom stereocenters. The fraction of sp³-hybridized carbons (Fsp3) is 0.615. The van der Waals surface area contributed by atoms with Gasteiger partial charge in [0, 0.05) is 23.9 Å². The van der Waals surface area contributed by atoms with Crippen molar-refractivity contribution in [3.63, 3.8) is 0 Å². The number of nitrogens with one attached hydrogen (secondary N) is 1. The predicted molar refractivity (Wildman–Crippen MR) is 69.4 cm³/mol. The Labute approximate surface area is 106 Å². The molecule has 0 aromatic carbocycles. The molecule has 4 heteroatoms. The van der Waals surface area contributed by atoms with Crippen LogP contribution in [0.1, 0.15) is 30.6 Å². The van der Waals surface area contributed by atoms with E-state index in [-0.39, 0.29) is 17.9 Å². The van der Waals surface area contributed by atoms with Crippen LogP contribution in [0.15, 0.2) is 17.5 Å². The van der Waals surface area contributed by atoms with Crippen LogP contribution in [-0.2, 0) is 14.9 Å². The molecule has 0 unspecified atom stereocenters. The van der Waals surface area contributed by atoms with Crippen molar-refractivity contribution in [2.24, 2.45) is 0 Å². The van der Waals surface area contributed by atoms with Crippen molar-refractivity contribution in [1.29, 1.82) is 0 Å². The Hall–Kier alpha value is -0.870. The van der Waals surface area contributed by atoms with Crippen LogP contribution in [0, 0.1) is 0 Å². The molecular formula is C13H19NO2S. The van der Waals surface area contributed by atoms with Gasteiger partial charge in [-0.1, -0.05) is 18.9 Å². The highest BCUT2D eigenvalue weighted by Gasteiger charge is 2.36. The van der Waals surface area contributed by atoms with Gasteiger partial charge in [0.25, 0.3) is 0 Å². The molecule has 3 nitrogen and oxygen atoms in total. The van der Waals surface area contributed by atoms with E-state index < -0.39 is 0 Å². The van der Waals surface area contributed by atoms with Gasteiger partial charge >= 0.3 is 0 Å². The summed E-state index contributed by atoms with van der Waals surface area (Å²) in [5.74, 6) is -0.0182. The zero-order valence-corrected chi connectivity index (χ0v) is 11.0. The fourth-order valence-corrected chi connectivity index (χ4v) is 3.58. The number of amides is 1. The maximum absolute atomic E-state index is 11.5. The monoisotopic (exact) mass is 253 g/mol. The molecule has 1 aliphatic carbocycles. The molecule has 1 aromatic rings. The van der Waals surface area contributed by atoms with Gasteiger partial charge in [0.15, 0.2) is 0 Å². The number of thiophene rings is 1. The number of hydrogen-bond acceptors (Lipinski definition) is 3. The lowest BCUT2D eigenvalue weighted by Crippen LogP contribution is -2.39.